The molecular formula is C28H46O. The summed E-state index contributed by atoms with van der Waals surface area (Å²) in [6, 6.07) is 0. The third-order valence-corrected chi connectivity index (χ3v) is 9.13. The molecule has 0 aromatic rings. The number of rotatable bonds is 6. The minimum atomic E-state index is -0.174. The molecule has 3 aliphatic carbocycles. The van der Waals surface area contributed by atoms with Crippen LogP contribution in [0.2, 0.25) is 0 Å². The Labute approximate surface area is 180 Å². The summed E-state index contributed by atoms with van der Waals surface area (Å²) < 4.78 is 0. The Morgan fingerprint density at radius 3 is 2.55 bits per heavy atom. The zero-order chi connectivity index (χ0) is 21.2. The van der Waals surface area contributed by atoms with Gasteiger partial charge in [0.15, 0.2) is 0 Å². The summed E-state index contributed by atoms with van der Waals surface area (Å²) >= 11 is 0. The molecule has 0 saturated heterocycles. The van der Waals surface area contributed by atoms with Crippen LogP contribution in [0.1, 0.15) is 98.8 Å². The van der Waals surface area contributed by atoms with Gasteiger partial charge in [-0.05, 0) is 91.9 Å². The average molecular weight is 399 g/mol. The van der Waals surface area contributed by atoms with Crippen LogP contribution in [-0.4, -0.2) is 11.2 Å². The lowest BCUT2D eigenvalue weighted by atomic mass is 9.60. The van der Waals surface area contributed by atoms with Gasteiger partial charge in [0.1, 0.15) is 0 Å². The maximum Gasteiger partial charge on any atom is 0.0583 e. The molecule has 0 amide bonds. The predicted octanol–water partition coefficient (Wildman–Crippen LogP) is 7.87. The summed E-state index contributed by atoms with van der Waals surface area (Å²) in [5.41, 5.74) is 4.70. The first-order chi connectivity index (χ1) is 13.7. The lowest BCUT2D eigenvalue weighted by molar-refractivity contribution is 0.0907. The van der Waals surface area contributed by atoms with Gasteiger partial charge in [0, 0.05) is 0 Å². The molecule has 0 aromatic heterocycles. The quantitative estimate of drug-likeness (QED) is 0.482. The highest BCUT2D eigenvalue weighted by Crippen LogP contribution is 2.60. The third kappa shape index (κ3) is 5.09. The van der Waals surface area contributed by atoms with Gasteiger partial charge in [-0.3, -0.25) is 0 Å². The zero-order valence-corrected chi connectivity index (χ0v) is 19.8. The van der Waals surface area contributed by atoms with Gasteiger partial charge in [-0.1, -0.05) is 77.3 Å². The Kier molecular flexibility index (Phi) is 7.52. The second kappa shape index (κ2) is 9.54. The topological polar surface area (TPSA) is 20.2 Å². The van der Waals surface area contributed by atoms with Crippen molar-refractivity contribution in [2.24, 2.45) is 35.0 Å². The molecule has 0 aromatic carbocycles. The number of aliphatic hydroxyl groups is 1. The van der Waals surface area contributed by atoms with Gasteiger partial charge in [-0.25, -0.2) is 0 Å². The Morgan fingerprint density at radius 1 is 1.07 bits per heavy atom. The fraction of sp³-hybridized carbons (Fsp3) is 0.786. The lowest BCUT2D eigenvalue weighted by Crippen LogP contribution is -2.36. The fourth-order valence-electron chi connectivity index (χ4n) is 6.67. The van der Waals surface area contributed by atoms with Crippen LogP contribution in [0.3, 0.4) is 0 Å². The summed E-state index contributed by atoms with van der Waals surface area (Å²) in [5, 5.41) is 10.0. The van der Waals surface area contributed by atoms with Crippen molar-refractivity contribution in [3.8, 4) is 0 Å². The molecule has 3 rings (SSSR count). The molecule has 0 unspecified atom stereocenters. The van der Waals surface area contributed by atoms with Gasteiger partial charge in [0.2, 0.25) is 0 Å². The molecule has 0 bridgehead atoms. The first kappa shape index (κ1) is 22.9. The molecule has 3 aliphatic rings. The Balaban J connectivity index is 1.70. The molecule has 0 spiro atoms. The monoisotopic (exact) mass is 398 g/mol. The number of hydrogen-bond acceptors (Lipinski definition) is 1. The van der Waals surface area contributed by atoms with E-state index in [4.69, 9.17) is 0 Å². The van der Waals surface area contributed by atoms with Gasteiger partial charge in [0.05, 0.1) is 6.10 Å². The van der Waals surface area contributed by atoms with Gasteiger partial charge in [0.25, 0.3) is 0 Å². The second-order valence-electron chi connectivity index (χ2n) is 11.3. The van der Waals surface area contributed by atoms with Crippen molar-refractivity contribution < 1.29 is 5.11 Å². The summed E-state index contributed by atoms with van der Waals surface area (Å²) in [5.74, 6) is 4.14. The molecule has 0 radical (unpaired) electrons. The zero-order valence-electron chi connectivity index (χ0n) is 19.8. The van der Waals surface area contributed by atoms with Crippen molar-refractivity contribution in [3.63, 3.8) is 0 Å². The highest BCUT2D eigenvalue weighted by atomic mass is 16.3. The van der Waals surface area contributed by atoms with E-state index >= 15 is 0 Å². The van der Waals surface area contributed by atoms with E-state index in [9.17, 15) is 5.11 Å². The van der Waals surface area contributed by atoms with Crippen molar-refractivity contribution in [3.05, 3.63) is 35.5 Å². The number of aliphatic hydroxyl groups excluding tert-OH is 1. The van der Waals surface area contributed by atoms with Gasteiger partial charge < -0.3 is 5.11 Å². The molecule has 0 aliphatic heterocycles. The van der Waals surface area contributed by atoms with E-state index in [1.54, 1.807) is 5.57 Å². The minimum absolute atomic E-state index is 0.174. The maximum atomic E-state index is 10.0. The number of fused-ring (bicyclic) bond motifs is 1. The molecule has 3 fully saturated rings. The van der Waals surface area contributed by atoms with Gasteiger partial charge >= 0.3 is 0 Å². The lowest BCUT2D eigenvalue weighted by Gasteiger charge is -2.44. The van der Waals surface area contributed by atoms with Crippen LogP contribution in [0.15, 0.2) is 35.5 Å². The van der Waals surface area contributed by atoms with Crippen LogP contribution in [0.25, 0.3) is 0 Å². The van der Waals surface area contributed by atoms with Crippen LogP contribution >= 0.6 is 0 Å². The second-order valence-corrected chi connectivity index (χ2v) is 11.3. The Bertz CT molecular complexity index is 639. The largest absolute Gasteiger partial charge is 0.393 e. The third-order valence-electron chi connectivity index (χ3n) is 9.13. The van der Waals surface area contributed by atoms with E-state index in [2.05, 4.69) is 53.3 Å². The van der Waals surface area contributed by atoms with Crippen molar-refractivity contribution in [1.29, 1.82) is 0 Å². The molecule has 1 N–H and O–H groups in total. The van der Waals surface area contributed by atoms with E-state index < -0.39 is 0 Å². The van der Waals surface area contributed by atoms with Crippen molar-refractivity contribution in [2.45, 2.75) is 105 Å². The summed E-state index contributed by atoms with van der Waals surface area (Å²) in [4.78, 5) is 0. The molecule has 29 heavy (non-hydrogen) atoms. The van der Waals surface area contributed by atoms with Crippen molar-refractivity contribution in [1.82, 2.24) is 0 Å². The van der Waals surface area contributed by atoms with E-state index in [1.165, 1.54) is 56.1 Å². The van der Waals surface area contributed by atoms with Crippen molar-refractivity contribution in [2.75, 3.05) is 0 Å². The standard InChI is InChI=1S/C28H46O/c1-19(2)20(3)9-10-22(5)26-15-16-27-23(8-7-17-28(26,27)6)12-13-24-18-25(29)14-11-21(24)4/h12-13,19-20,22,25-27,29H,4,7-11,14-18H2,1-3,5-6H3/b23-12+,24-13-/t20-,22+,25+,26-,27-,28+/m1/s1. The SMILES string of the molecule is C=C1CC[C@H](O)C/C1=C/C=C1\CCC[C@]2(C)[C@@H]1CC[C@@H]2[C@@H](C)CC[C@@H](C)C(C)C. The fourth-order valence-corrected chi connectivity index (χ4v) is 6.67. The van der Waals surface area contributed by atoms with Crippen LogP contribution in [0, 0.1) is 35.0 Å². The molecule has 0 heterocycles. The van der Waals surface area contributed by atoms with Crippen LogP contribution in [-0.2, 0) is 0 Å². The Morgan fingerprint density at radius 2 is 1.83 bits per heavy atom. The predicted molar refractivity (Wildman–Crippen MR) is 126 cm³/mol. The normalized spacial score (nSPS) is 37.9. The molecule has 1 nitrogen and oxygen atoms in total. The van der Waals surface area contributed by atoms with Gasteiger partial charge in [-0.15, -0.1) is 0 Å². The molecule has 1 heteroatoms. The minimum Gasteiger partial charge on any atom is -0.393 e. The first-order valence-electron chi connectivity index (χ1n) is 12.5. The van der Waals surface area contributed by atoms with Crippen molar-refractivity contribution >= 4 is 0 Å². The van der Waals surface area contributed by atoms with Crippen LogP contribution < -0.4 is 0 Å². The first-order valence-corrected chi connectivity index (χ1v) is 12.5. The summed E-state index contributed by atoms with van der Waals surface area (Å²) in [6.07, 6.45) is 16.8. The molecule has 164 valence electrons. The van der Waals surface area contributed by atoms with E-state index in [0.29, 0.717) is 5.41 Å². The number of allylic oxidation sites excluding steroid dienone is 4. The highest BCUT2D eigenvalue weighted by molar-refractivity contribution is 5.36. The van der Waals surface area contributed by atoms with E-state index in [1.807, 2.05) is 0 Å². The molecule has 3 saturated carbocycles. The van der Waals surface area contributed by atoms with Gasteiger partial charge in [-0.2, -0.15) is 0 Å². The average Bonchev–Trinajstić information content (AvgIpc) is 3.04. The highest BCUT2D eigenvalue weighted by Gasteiger charge is 2.50. The van der Waals surface area contributed by atoms with E-state index in [-0.39, 0.29) is 6.10 Å². The summed E-state index contributed by atoms with van der Waals surface area (Å²) in [7, 11) is 0. The van der Waals surface area contributed by atoms with Crippen LogP contribution in [0.5, 0.6) is 0 Å². The maximum absolute atomic E-state index is 10.0. The smallest absolute Gasteiger partial charge is 0.0583 e. The molecular weight excluding hydrogens is 352 g/mol. The molecule has 6 atom stereocenters. The number of hydrogen-bond donors (Lipinski definition) is 1. The van der Waals surface area contributed by atoms with Crippen LogP contribution in [0.4, 0.5) is 0 Å². The Hall–Kier alpha value is -0.820. The summed E-state index contributed by atoms with van der Waals surface area (Å²) in [6.45, 7) is 16.6. The van der Waals surface area contributed by atoms with E-state index in [0.717, 1.165) is 48.9 Å².